The summed E-state index contributed by atoms with van der Waals surface area (Å²) < 4.78 is 10.2. The van der Waals surface area contributed by atoms with Gasteiger partial charge in [0.15, 0.2) is 0 Å². The maximum absolute atomic E-state index is 11.9. The number of rotatable bonds is 3. The van der Waals surface area contributed by atoms with E-state index < -0.39 is 5.60 Å². The average molecular weight is 294 g/mol. The Morgan fingerprint density at radius 1 is 1.48 bits per heavy atom. The van der Waals surface area contributed by atoms with E-state index in [4.69, 9.17) is 9.15 Å². The number of carbonyl (C=O) groups excluding carboxylic acids is 2. The van der Waals surface area contributed by atoms with Gasteiger partial charge in [0.2, 0.25) is 0 Å². The van der Waals surface area contributed by atoms with Crippen LogP contribution in [0.2, 0.25) is 0 Å². The Morgan fingerprint density at radius 2 is 2.24 bits per heavy atom. The molecule has 0 spiro atoms. The molecule has 0 aliphatic carbocycles. The number of nitrogens with one attached hydrogen (secondary N) is 1. The molecule has 2 amide bonds. The molecule has 1 N–H and O–H groups in total. The van der Waals surface area contributed by atoms with Crippen molar-refractivity contribution in [3.63, 3.8) is 0 Å². The summed E-state index contributed by atoms with van der Waals surface area (Å²) in [7, 11) is 0. The van der Waals surface area contributed by atoms with Crippen LogP contribution in [0, 0.1) is 5.92 Å². The van der Waals surface area contributed by atoms with Crippen molar-refractivity contribution in [1.29, 1.82) is 0 Å². The van der Waals surface area contributed by atoms with E-state index in [9.17, 15) is 9.59 Å². The zero-order chi connectivity index (χ0) is 15.5. The number of likely N-dealkylation sites (tertiary alicyclic amines) is 1. The molecule has 0 radical (unpaired) electrons. The molecule has 2 heterocycles. The maximum Gasteiger partial charge on any atom is 0.410 e. The maximum atomic E-state index is 11.9. The van der Waals surface area contributed by atoms with Crippen LogP contribution in [0.15, 0.2) is 23.0 Å². The predicted molar refractivity (Wildman–Crippen MR) is 77.0 cm³/mol. The average Bonchev–Trinajstić information content (AvgIpc) is 3.05. The lowest BCUT2D eigenvalue weighted by Crippen LogP contribution is -2.36. The summed E-state index contributed by atoms with van der Waals surface area (Å²) in [5, 5.41) is 2.86. The smallest absolute Gasteiger partial charge is 0.410 e. The fourth-order valence-electron chi connectivity index (χ4n) is 2.22. The minimum Gasteiger partial charge on any atom is -0.472 e. The van der Waals surface area contributed by atoms with Crippen molar-refractivity contribution in [2.24, 2.45) is 5.92 Å². The van der Waals surface area contributed by atoms with E-state index in [1.165, 1.54) is 12.5 Å². The molecular weight excluding hydrogens is 272 g/mol. The lowest BCUT2D eigenvalue weighted by atomic mass is 10.1. The number of carbonyl (C=O) groups is 2. The molecule has 1 aromatic heterocycles. The van der Waals surface area contributed by atoms with Crippen LogP contribution in [-0.2, 0) is 4.74 Å². The Kier molecular flexibility index (Phi) is 4.55. The molecule has 2 rings (SSSR count). The molecule has 1 fully saturated rings. The second-order valence-electron chi connectivity index (χ2n) is 6.30. The first-order valence-electron chi connectivity index (χ1n) is 7.13. The van der Waals surface area contributed by atoms with Crippen LogP contribution < -0.4 is 5.32 Å². The van der Waals surface area contributed by atoms with E-state index >= 15 is 0 Å². The molecule has 21 heavy (non-hydrogen) atoms. The van der Waals surface area contributed by atoms with Gasteiger partial charge in [-0.3, -0.25) is 4.79 Å². The molecular formula is C15H22N2O4. The molecule has 6 nitrogen and oxygen atoms in total. The minimum absolute atomic E-state index is 0.153. The summed E-state index contributed by atoms with van der Waals surface area (Å²) in [4.78, 5) is 25.4. The molecule has 1 aliphatic rings. The molecule has 1 aliphatic heterocycles. The van der Waals surface area contributed by atoms with Gasteiger partial charge in [-0.05, 0) is 39.2 Å². The third-order valence-electron chi connectivity index (χ3n) is 3.27. The molecule has 0 saturated carbocycles. The van der Waals surface area contributed by atoms with Crippen LogP contribution in [0.4, 0.5) is 4.79 Å². The quantitative estimate of drug-likeness (QED) is 0.928. The molecule has 1 atom stereocenters. The Labute approximate surface area is 124 Å². The van der Waals surface area contributed by atoms with E-state index in [1.807, 2.05) is 20.8 Å². The van der Waals surface area contributed by atoms with Crippen LogP contribution in [0.25, 0.3) is 0 Å². The molecule has 0 aromatic carbocycles. The normalized spacial score (nSPS) is 18.6. The minimum atomic E-state index is -0.481. The topological polar surface area (TPSA) is 71.8 Å². The number of nitrogens with zero attached hydrogens (tertiary/aromatic N) is 1. The van der Waals surface area contributed by atoms with Gasteiger partial charge in [0, 0.05) is 19.6 Å². The van der Waals surface area contributed by atoms with Gasteiger partial charge < -0.3 is 19.4 Å². The molecule has 0 bridgehead atoms. The van der Waals surface area contributed by atoms with E-state index in [0.717, 1.165) is 6.42 Å². The lowest BCUT2D eigenvalue weighted by Gasteiger charge is -2.24. The van der Waals surface area contributed by atoms with Gasteiger partial charge in [-0.15, -0.1) is 0 Å². The zero-order valence-corrected chi connectivity index (χ0v) is 12.7. The van der Waals surface area contributed by atoms with Gasteiger partial charge in [-0.2, -0.15) is 0 Å². The lowest BCUT2D eigenvalue weighted by molar-refractivity contribution is 0.0288. The van der Waals surface area contributed by atoms with Crippen molar-refractivity contribution < 1.29 is 18.7 Å². The highest BCUT2D eigenvalue weighted by molar-refractivity contribution is 5.93. The molecule has 1 unspecified atom stereocenters. The standard InChI is InChI=1S/C15H22N2O4/c1-15(2,3)21-14(19)17-6-4-11(9-17)8-16-13(18)12-5-7-20-10-12/h5,7,10-11H,4,6,8-9H2,1-3H3,(H,16,18). The first-order valence-corrected chi connectivity index (χ1v) is 7.13. The summed E-state index contributed by atoms with van der Waals surface area (Å²) in [5.41, 5.74) is 0.0296. The molecule has 6 heteroatoms. The highest BCUT2D eigenvalue weighted by atomic mass is 16.6. The Bertz CT molecular complexity index is 490. The fraction of sp³-hybridized carbons (Fsp3) is 0.600. The van der Waals surface area contributed by atoms with Crippen LogP contribution in [0.1, 0.15) is 37.6 Å². The summed E-state index contributed by atoms with van der Waals surface area (Å²) in [5.74, 6) is 0.104. The van der Waals surface area contributed by atoms with Crippen molar-refractivity contribution in [2.45, 2.75) is 32.8 Å². The van der Waals surface area contributed by atoms with E-state index in [2.05, 4.69) is 5.32 Å². The van der Waals surface area contributed by atoms with Crippen molar-refractivity contribution in [3.05, 3.63) is 24.2 Å². The van der Waals surface area contributed by atoms with E-state index in [0.29, 0.717) is 25.2 Å². The van der Waals surface area contributed by atoms with E-state index in [1.54, 1.807) is 11.0 Å². The second-order valence-corrected chi connectivity index (χ2v) is 6.30. The fourth-order valence-corrected chi connectivity index (χ4v) is 2.22. The molecule has 1 saturated heterocycles. The Morgan fingerprint density at radius 3 is 2.86 bits per heavy atom. The highest BCUT2D eigenvalue weighted by Gasteiger charge is 2.29. The van der Waals surface area contributed by atoms with Crippen LogP contribution in [0.3, 0.4) is 0 Å². The van der Waals surface area contributed by atoms with Crippen molar-refractivity contribution in [3.8, 4) is 0 Å². The summed E-state index contributed by atoms with van der Waals surface area (Å²) in [6.07, 6.45) is 3.46. The van der Waals surface area contributed by atoms with Gasteiger partial charge >= 0.3 is 6.09 Å². The van der Waals surface area contributed by atoms with Crippen LogP contribution in [0.5, 0.6) is 0 Å². The van der Waals surface area contributed by atoms with Crippen LogP contribution in [-0.4, -0.2) is 42.1 Å². The van der Waals surface area contributed by atoms with Gasteiger partial charge in [-0.25, -0.2) is 4.79 Å². The summed E-state index contributed by atoms with van der Waals surface area (Å²) >= 11 is 0. The summed E-state index contributed by atoms with van der Waals surface area (Å²) in [6, 6.07) is 1.62. The molecule has 116 valence electrons. The van der Waals surface area contributed by atoms with E-state index in [-0.39, 0.29) is 17.9 Å². The van der Waals surface area contributed by atoms with Gasteiger partial charge in [0.1, 0.15) is 11.9 Å². The first kappa shape index (κ1) is 15.4. The van der Waals surface area contributed by atoms with Gasteiger partial charge in [0.05, 0.1) is 11.8 Å². The predicted octanol–water partition coefficient (Wildman–Crippen LogP) is 2.27. The van der Waals surface area contributed by atoms with Crippen molar-refractivity contribution >= 4 is 12.0 Å². The largest absolute Gasteiger partial charge is 0.472 e. The van der Waals surface area contributed by atoms with Gasteiger partial charge in [-0.1, -0.05) is 0 Å². The summed E-state index contributed by atoms with van der Waals surface area (Å²) in [6.45, 7) is 7.38. The third kappa shape index (κ3) is 4.51. The first-order chi connectivity index (χ1) is 9.85. The number of furan rings is 1. The Balaban J connectivity index is 1.75. The number of hydrogen-bond donors (Lipinski definition) is 1. The monoisotopic (exact) mass is 294 g/mol. The van der Waals surface area contributed by atoms with Crippen molar-refractivity contribution in [2.75, 3.05) is 19.6 Å². The van der Waals surface area contributed by atoms with Gasteiger partial charge in [0.25, 0.3) is 5.91 Å². The van der Waals surface area contributed by atoms with Crippen LogP contribution >= 0.6 is 0 Å². The zero-order valence-electron chi connectivity index (χ0n) is 12.7. The number of ether oxygens (including phenoxy) is 1. The number of hydrogen-bond acceptors (Lipinski definition) is 4. The number of amides is 2. The third-order valence-corrected chi connectivity index (χ3v) is 3.27. The Hall–Kier alpha value is -1.98. The second kappa shape index (κ2) is 6.20. The molecule has 1 aromatic rings. The van der Waals surface area contributed by atoms with Crippen molar-refractivity contribution in [1.82, 2.24) is 10.2 Å². The SMILES string of the molecule is CC(C)(C)OC(=O)N1CCC(CNC(=O)c2ccoc2)C1. The highest BCUT2D eigenvalue weighted by Crippen LogP contribution is 2.19.